The number of anilines is 1. The van der Waals surface area contributed by atoms with Gasteiger partial charge in [0, 0.05) is 24.9 Å². The van der Waals surface area contributed by atoms with Crippen molar-refractivity contribution < 1.29 is 9.59 Å². The second kappa shape index (κ2) is 9.06. The molecule has 0 unspecified atom stereocenters. The number of allylic oxidation sites excluding steroid dienone is 3. The SMILES string of the molecule is CC=CC=CC(=O)N(CC(=O)N1CCCCC1)c1ccc(C)cc1. The first-order valence-electron chi connectivity index (χ1n) is 8.57. The zero-order valence-corrected chi connectivity index (χ0v) is 14.6. The molecule has 0 aromatic heterocycles. The molecule has 0 spiro atoms. The molecule has 0 saturated carbocycles. The molecular formula is C20H26N2O2. The molecule has 128 valence electrons. The van der Waals surface area contributed by atoms with Crippen LogP contribution in [0.25, 0.3) is 0 Å². The number of aryl methyl sites for hydroxylation is 1. The van der Waals surface area contributed by atoms with E-state index in [1.807, 2.05) is 49.1 Å². The van der Waals surface area contributed by atoms with E-state index in [0.29, 0.717) is 0 Å². The van der Waals surface area contributed by atoms with Crippen molar-refractivity contribution in [1.29, 1.82) is 0 Å². The Bertz CT molecular complexity index is 611. The predicted octanol–water partition coefficient (Wildman–Crippen LogP) is 3.47. The number of piperidine rings is 1. The van der Waals surface area contributed by atoms with Gasteiger partial charge in [-0.25, -0.2) is 0 Å². The molecule has 1 aromatic carbocycles. The average molecular weight is 326 g/mol. The number of rotatable bonds is 5. The van der Waals surface area contributed by atoms with Gasteiger partial charge in [-0.1, -0.05) is 35.9 Å². The Morgan fingerprint density at radius 1 is 1.08 bits per heavy atom. The summed E-state index contributed by atoms with van der Waals surface area (Å²) in [6, 6.07) is 7.69. The van der Waals surface area contributed by atoms with Gasteiger partial charge in [0.25, 0.3) is 5.91 Å². The molecule has 1 fully saturated rings. The molecule has 1 saturated heterocycles. The van der Waals surface area contributed by atoms with Crippen LogP contribution >= 0.6 is 0 Å². The summed E-state index contributed by atoms with van der Waals surface area (Å²) in [7, 11) is 0. The Morgan fingerprint density at radius 3 is 2.38 bits per heavy atom. The maximum absolute atomic E-state index is 12.6. The minimum atomic E-state index is -0.178. The minimum absolute atomic E-state index is 0.0167. The molecular weight excluding hydrogens is 300 g/mol. The van der Waals surface area contributed by atoms with Crippen LogP contribution < -0.4 is 4.90 Å². The molecule has 4 nitrogen and oxygen atoms in total. The molecule has 2 rings (SSSR count). The van der Waals surface area contributed by atoms with Crippen LogP contribution in [0.4, 0.5) is 5.69 Å². The number of likely N-dealkylation sites (tertiary alicyclic amines) is 1. The fraction of sp³-hybridized carbons (Fsp3) is 0.400. The molecule has 24 heavy (non-hydrogen) atoms. The molecule has 0 atom stereocenters. The molecule has 4 heteroatoms. The summed E-state index contributed by atoms with van der Waals surface area (Å²) < 4.78 is 0. The van der Waals surface area contributed by atoms with Gasteiger partial charge in [0.05, 0.1) is 0 Å². The largest absolute Gasteiger partial charge is 0.341 e. The lowest BCUT2D eigenvalue weighted by molar-refractivity contribution is -0.131. The van der Waals surface area contributed by atoms with Crippen molar-refractivity contribution in [2.24, 2.45) is 0 Å². The Labute approximate surface area is 144 Å². The summed E-state index contributed by atoms with van der Waals surface area (Å²) in [5.41, 5.74) is 1.87. The van der Waals surface area contributed by atoms with Gasteiger partial charge in [0.1, 0.15) is 6.54 Å². The average Bonchev–Trinajstić information content (AvgIpc) is 2.61. The van der Waals surface area contributed by atoms with Gasteiger partial charge in [-0.2, -0.15) is 0 Å². The van der Waals surface area contributed by atoms with E-state index < -0.39 is 0 Å². The fourth-order valence-electron chi connectivity index (χ4n) is 2.74. The Balaban J connectivity index is 2.16. The highest BCUT2D eigenvalue weighted by Crippen LogP contribution is 2.17. The smallest absolute Gasteiger partial charge is 0.251 e. The summed E-state index contributed by atoms with van der Waals surface area (Å²) in [4.78, 5) is 28.6. The highest BCUT2D eigenvalue weighted by atomic mass is 16.2. The molecule has 1 aromatic rings. The third-order valence-electron chi connectivity index (χ3n) is 4.16. The first-order valence-corrected chi connectivity index (χ1v) is 8.57. The molecule has 1 aliphatic heterocycles. The van der Waals surface area contributed by atoms with Crippen molar-refractivity contribution in [2.75, 3.05) is 24.5 Å². The second-order valence-electron chi connectivity index (χ2n) is 6.09. The van der Waals surface area contributed by atoms with Gasteiger partial charge in [0.2, 0.25) is 5.91 Å². The maximum Gasteiger partial charge on any atom is 0.251 e. The maximum atomic E-state index is 12.6. The van der Waals surface area contributed by atoms with E-state index >= 15 is 0 Å². The molecule has 1 heterocycles. The highest BCUT2D eigenvalue weighted by molar-refractivity contribution is 6.05. The molecule has 0 radical (unpaired) electrons. The van der Waals surface area contributed by atoms with Crippen LogP contribution in [0.3, 0.4) is 0 Å². The number of carbonyl (C=O) groups is 2. The minimum Gasteiger partial charge on any atom is -0.341 e. The van der Waals surface area contributed by atoms with E-state index in [0.717, 1.165) is 37.2 Å². The standard InChI is InChI=1S/C20H26N2O2/c1-3-4-6-9-19(23)22(18-12-10-17(2)11-13-18)16-20(24)21-14-7-5-8-15-21/h3-4,6,9-13H,5,7-8,14-16H2,1-2H3. The zero-order valence-electron chi connectivity index (χ0n) is 14.6. The topological polar surface area (TPSA) is 40.6 Å². The first kappa shape index (κ1) is 18.0. The van der Waals surface area contributed by atoms with E-state index in [1.165, 1.54) is 12.5 Å². The van der Waals surface area contributed by atoms with Crippen LogP contribution in [-0.2, 0) is 9.59 Å². The summed E-state index contributed by atoms with van der Waals surface area (Å²) in [6.45, 7) is 5.57. The van der Waals surface area contributed by atoms with E-state index in [9.17, 15) is 9.59 Å². The summed E-state index contributed by atoms with van der Waals surface area (Å²) in [5, 5.41) is 0. The quantitative estimate of drug-likeness (QED) is 0.614. The van der Waals surface area contributed by atoms with Gasteiger partial charge in [-0.05, 0) is 45.2 Å². The van der Waals surface area contributed by atoms with E-state index in [2.05, 4.69) is 0 Å². The third kappa shape index (κ3) is 5.08. The van der Waals surface area contributed by atoms with Gasteiger partial charge < -0.3 is 4.90 Å². The van der Waals surface area contributed by atoms with Crippen molar-refractivity contribution in [2.45, 2.75) is 33.1 Å². The van der Waals surface area contributed by atoms with Gasteiger partial charge in [-0.15, -0.1) is 0 Å². The zero-order chi connectivity index (χ0) is 17.4. The third-order valence-corrected chi connectivity index (χ3v) is 4.16. The van der Waals surface area contributed by atoms with E-state index in [4.69, 9.17) is 0 Å². The van der Waals surface area contributed by atoms with E-state index in [1.54, 1.807) is 17.1 Å². The molecule has 0 bridgehead atoms. The lowest BCUT2D eigenvalue weighted by Crippen LogP contribution is -2.44. The van der Waals surface area contributed by atoms with Crippen molar-refractivity contribution in [3.05, 3.63) is 54.1 Å². The lowest BCUT2D eigenvalue weighted by atomic mass is 10.1. The second-order valence-corrected chi connectivity index (χ2v) is 6.09. The van der Waals surface area contributed by atoms with Crippen LogP contribution in [0, 0.1) is 6.92 Å². The monoisotopic (exact) mass is 326 g/mol. The number of nitrogens with zero attached hydrogens (tertiary/aromatic N) is 2. The molecule has 0 N–H and O–H groups in total. The van der Waals surface area contributed by atoms with Gasteiger partial charge in [0.15, 0.2) is 0 Å². The van der Waals surface area contributed by atoms with Crippen molar-refractivity contribution in [1.82, 2.24) is 4.90 Å². The Hall–Kier alpha value is -2.36. The van der Waals surface area contributed by atoms with Crippen molar-refractivity contribution >= 4 is 17.5 Å². The number of amides is 2. The van der Waals surface area contributed by atoms with Crippen LogP contribution in [-0.4, -0.2) is 36.3 Å². The van der Waals surface area contributed by atoms with E-state index in [-0.39, 0.29) is 18.4 Å². The van der Waals surface area contributed by atoms with Crippen LogP contribution in [0.15, 0.2) is 48.6 Å². The van der Waals surface area contributed by atoms with Gasteiger partial charge in [-0.3, -0.25) is 14.5 Å². The van der Waals surface area contributed by atoms with Crippen molar-refractivity contribution in [3.63, 3.8) is 0 Å². The number of carbonyl (C=O) groups excluding carboxylic acids is 2. The lowest BCUT2D eigenvalue weighted by Gasteiger charge is -2.29. The normalized spacial score (nSPS) is 15.2. The number of hydrogen-bond acceptors (Lipinski definition) is 2. The first-order chi connectivity index (χ1) is 11.6. The summed E-state index contributed by atoms with van der Waals surface area (Å²) >= 11 is 0. The molecule has 1 aliphatic rings. The van der Waals surface area contributed by atoms with Crippen LogP contribution in [0.1, 0.15) is 31.7 Å². The molecule has 2 amide bonds. The number of hydrogen-bond donors (Lipinski definition) is 0. The van der Waals surface area contributed by atoms with Crippen LogP contribution in [0.5, 0.6) is 0 Å². The summed E-state index contributed by atoms with van der Waals surface area (Å²) in [5.74, 6) is -0.162. The summed E-state index contributed by atoms with van der Waals surface area (Å²) in [6.07, 6.45) is 10.1. The van der Waals surface area contributed by atoms with Crippen LogP contribution in [0.2, 0.25) is 0 Å². The van der Waals surface area contributed by atoms with Crippen molar-refractivity contribution in [3.8, 4) is 0 Å². The Kier molecular flexibility index (Phi) is 6.79. The number of benzene rings is 1. The Morgan fingerprint density at radius 2 is 1.75 bits per heavy atom. The fourth-order valence-corrected chi connectivity index (χ4v) is 2.74. The van der Waals surface area contributed by atoms with Gasteiger partial charge >= 0.3 is 0 Å². The highest BCUT2D eigenvalue weighted by Gasteiger charge is 2.22. The molecule has 0 aliphatic carbocycles. The predicted molar refractivity (Wildman–Crippen MR) is 97.9 cm³/mol.